The van der Waals surface area contributed by atoms with Crippen LogP contribution in [0.3, 0.4) is 0 Å². The van der Waals surface area contributed by atoms with Gasteiger partial charge in [-0.1, -0.05) is 23.7 Å². The number of methoxy groups -OCH3 is 1. The monoisotopic (exact) mass is 318 g/mol. The predicted octanol–water partition coefficient (Wildman–Crippen LogP) is 4.40. The first-order valence-corrected chi connectivity index (χ1v) is 6.97. The van der Waals surface area contributed by atoms with Gasteiger partial charge in [0, 0.05) is 29.7 Å². The van der Waals surface area contributed by atoms with Gasteiger partial charge in [-0.25, -0.2) is 9.18 Å². The Morgan fingerprint density at radius 1 is 1.14 bits per heavy atom. The molecule has 0 fully saturated rings. The van der Waals surface area contributed by atoms with Crippen molar-refractivity contribution in [2.24, 2.45) is 0 Å². The Morgan fingerprint density at radius 2 is 1.95 bits per heavy atom. The third kappa shape index (κ3) is 2.75. The van der Waals surface area contributed by atoms with E-state index in [1.807, 2.05) is 12.1 Å². The molecule has 0 saturated heterocycles. The molecule has 1 heterocycles. The summed E-state index contributed by atoms with van der Waals surface area (Å²) in [4.78, 5) is 11.8. The van der Waals surface area contributed by atoms with Crippen LogP contribution in [-0.4, -0.2) is 7.11 Å². The predicted molar refractivity (Wildman–Crippen MR) is 83.6 cm³/mol. The smallest absolute Gasteiger partial charge is 0.336 e. The maximum atomic E-state index is 13.2. The zero-order chi connectivity index (χ0) is 15.7. The van der Waals surface area contributed by atoms with Gasteiger partial charge in [0.25, 0.3) is 0 Å². The van der Waals surface area contributed by atoms with Gasteiger partial charge in [-0.2, -0.15) is 0 Å². The number of halogens is 2. The maximum Gasteiger partial charge on any atom is 0.336 e. The van der Waals surface area contributed by atoms with E-state index in [1.165, 1.54) is 18.2 Å². The third-order valence-corrected chi connectivity index (χ3v) is 3.65. The maximum absolute atomic E-state index is 13.2. The molecule has 3 nitrogen and oxygen atoms in total. The molecule has 0 aliphatic carbocycles. The lowest BCUT2D eigenvalue weighted by Crippen LogP contribution is -1.99. The van der Waals surface area contributed by atoms with Crippen LogP contribution in [0.25, 0.3) is 22.1 Å². The Labute approximate surface area is 130 Å². The standard InChI is InChI=1S/C17H12ClFO3/c1-21-9-10-2-4-13-14(8-17(20)22-16(13)6-10)12-5-3-11(19)7-15(12)18/h2-8H,9H2,1H3. The van der Waals surface area contributed by atoms with E-state index in [1.54, 1.807) is 19.2 Å². The van der Waals surface area contributed by atoms with Gasteiger partial charge in [0.2, 0.25) is 0 Å². The molecule has 0 bridgehead atoms. The SMILES string of the molecule is COCc1ccc2c(-c3ccc(F)cc3Cl)cc(=O)oc2c1. The van der Waals surface area contributed by atoms with Crippen molar-refractivity contribution in [2.45, 2.75) is 6.61 Å². The average molecular weight is 319 g/mol. The summed E-state index contributed by atoms with van der Waals surface area (Å²) in [6.07, 6.45) is 0. The zero-order valence-electron chi connectivity index (χ0n) is 11.7. The first kappa shape index (κ1) is 14.8. The molecule has 0 atom stereocenters. The normalized spacial score (nSPS) is 11.0. The number of benzene rings is 2. The lowest BCUT2D eigenvalue weighted by Gasteiger charge is -2.09. The van der Waals surface area contributed by atoms with Crippen LogP contribution in [0, 0.1) is 5.82 Å². The van der Waals surface area contributed by atoms with Gasteiger partial charge >= 0.3 is 5.63 Å². The fourth-order valence-corrected chi connectivity index (χ4v) is 2.66. The van der Waals surface area contributed by atoms with E-state index in [0.29, 0.717) is 23.3 Å². The van der Waals surface area contributed by atoms with Crippen molar-refractivity contribution in [2.75, 3.05) is 7.11 Å². The molecule has 0 radical (unpaired) electrons. The van der Waals surface area contributed by atoms with Gasteiger partial charge < -0.3 is 9.15 Å². The molecule has 22 heavy (non-hydrogen) atoms. The second kappa shape index (κ2) is 5.91. The summed E-state index contributed by atoms with van der Waals surface area (Å²) in [5, 5.41) is 0.973. The van der Waals surface area contributed by atoms with Crippen LogP contribution in [-0.2, 0) is 11.3 Å². The molecule has 0 amide bonds. The molecule has 0 aliphatic heterocycles. The van der Waals surface area contributed by atoms with Gasteiger partial charge in [0.15, 0.2) is 0 Å². The van der Waals surface area contributed by atoms with Crippen molar-refractivity contribution in [3.05, 3.63) is 69.3 Å². The number of hydrogen-bond acceptors (Lipinski definition) is 3. The number of hydrogen-bond donors (Lipinski definition) is 0. The number of rotatable bonds is 3. The first-order valence-electron chi connectivity index (χ1n) is 6.59. The van der Waals surface area contributed by atoms with Crippen LogP contribution >= 0.6 is 11.6 Å². The Bertz CT molecular complexity index is 902. The fraction of sp³-hybridized carbons (Fsp3) is 0.118. The van der Waals surface area contributed by atoms with Crippen LogP contribution in [0.5, 0.6) is 0 Å². The van der Waals surface area contributed by atoms with Crippen LogP contribution < -0.4 is 5.63 Å². The first-order chi connectivity index (χ1) is 10.6. The molecule has 0 spiro atoms. The van der Waals surface area contributed by atoms with E-state index < -0.39 is 11.4 Å². The van der Waals surface area contributed by atoms with E-state index >= 15 is 0 Å². The topological polar surface area (TPSA) is 39.4 Å². The molecule has 3 aromatic rings. The quantitative estimate of drug-likeness (QED) is 0.672. The van der Waals surface area contributed by atoms with Crippen LogP contribution in [0.2, 0.25) is 5.02 Å². The van der Waals surface area contributed by atoms with E-state index in [0.717, 1.165) is 10.9 Å². The van der Waals surface area contributed by atoms with Crippen molar-refractivity contribution in [1.82, 2.24) is 0 Å². The molecule has 0 aliphatic rings. The average Bonchev–Trinajstić information content (AvgIpc) is 2.46. The highest BCUT2D eigenvalue weighted by Crippen LogP contribution is 2.33. The van der Waals surface area contributed by atoms with Crippen LogP contribution in [0.15, 0.2) is 51.7 Å². The minimum atomic E-state index is -0.488. The minimum absolute atomic E-state index is 0.243. The lowest BCUT2D eigenvalue weighted by molar-refractivity contribution is 0.185. The van der Waals surface area contributed by atoms with Crippen LogP contribution in [0.1, 0.15) is 5.56 Å². The van der Waals surface area contributed by atoms with Crippen molar-refractivity contribution >= 4 is 22.6 Å². The van der Waals surface area contributed by atoms with Gasteiger partial charge in [-0.15, -0.1) is 0 Å². The minimum Gasteiger partial charge on any atom is -0.423 e. The second-order valence-electron chi connectivity index (χ2n) is 4.87. The van der Waals surface area contributed by atoms with Crippen molar-refractivity contribution in [3.63, 3.8) is 0 Å². The van der Waals surface area contributed by atoms with E-state index in [4.69, 9.17) is 20.8 Å². The number of ether oxygens (including phenoxy) is 1. The van der Waals surface area contributed by atoms with Crippen molar-refractivity contribution in [1.29, 1.82) is 0 Å². The summed E-state index contributed by atoms with van der Waals surface area (Å²) < 4.78 is 23.5. The summed E-state index contributed by atoms with van der Waals surface area (Å²) in [5.41, 5.74) is 2.04. The van der Waals surface area contributed by atoms with Crippen molar-refractivity contribution < 1.29 is 13.5 Å². The molecule has 3 rings (SSSR count). The van der Waals surface area contributed by atoms with Crippen molar-refractivity contribution in [3.8, 4) is 11.1 Å². The van der Waals surface area contributed by atoms with Crippen LogP contribution in [0.4, 0.5) is 4.39 Å². The largest absolute Gasteiger partial charge is 0.423 e. The summed E-state index contributed by atoms with van der Waals surface area (Å²) in [5.74, 6) is -0.427. The van der Waals surface area contributed by atoms with E-state index in [2.05, 4.69) is 0 Å². The fourth-order valence-electron chi connectivity index (χ4n) is 2.39. The molecule has 112 valence electrons. The Morgan fingerprint density at radius 3 is 2.68 bits per heavy atom. The lowest BCUT2D eigenvalue weighted by atomic mass is 10.0. The van der Waals surface area contributed by atoms with Gasteiger partial charge in [-0.05, 0) is 29.8 Å². The molecule has 0 saturated carbocycles. The highest BCUT2D eigenvalue weighted by molar-refractivity contribution is 6.33. The van der Waals surface area contributed by atoms with Gasteiger partial charge in [0.05, 0.1) is 11.6 Å². The summed E-state index contributed by atoms with van der Waals surface area (Å²) in [6, 6.07) is 10.9. The Kier molecular flexibility index (Phi) is 3.96. The summed E-state index contributed by atoms with van der Waals surface area (Å²) in [6.45, 7) is 0.418. The number of fused-ring (bicyclic) bond motifs is 1. The molecule has 0 N–H and O–H groups in total. The van der Waals surface area contributed by atoms with E-state index in [9.17, 15) is 9.18 Å². The molecule has 0 unspecified atom stereocenters. The summed E-state index contributed by atoms with van der Waals surface area (Å²) in [7, 11) is 1.59. The van der Waals surface area contributed by atoms with Gasteiger partial charge in [-0.3, -0.25) is 0 Å². The molecule has 2 aromatic carbocycles. The Balaban J connectivity index is 2.27. The highest BCUT2D eigenvalue weighted by Gasteiger charge is 2.12. The Hall–Kier alpha value is -2.17. The van der Waals surface area contributed by atoms with Gasteiger partial charge in [0.1, 0.15) is 11.4 Å². The molecular weight excluding hydrogens is 307 g/mol. The van der Waals surface area contributed by atoms with E-state index in [-0.39, 0.29) is 5.02 Å². The molecular formula is C17H12ClFO3. The molecule has 1 aromatic heterocycles. The third-order valence-electron chi connectivity index (χ3n) is 3.34. The zero-order valence-corrected chi connectivity index (χ0v) is 12.5. The highest BCUT2D eigenvalue weighted by atomic mass is 35.5. The summed E-state index contributed by atoms with van der Waals surface area (Å²) >= 11 is 6.11. The second-order valence-corrected chi connectivity index (χ2v) is 5.27. The molecule has 5 heteroatoms.